The van der Waals surface area contributed by atoms with Gasteiger partial charge in [0, 0.05) is 25.8 Å². The molecular formula is C33H45ClO9Si. The van der Waals surface area contributed by atoms with Crippen LogP contribution in [0, 0.1) is 0 Å². The highest BCUT2D eigenvalue weighted by molar-refractivity contribution is 6.72. The van der Waals surface area contributed by atoms with Gasteiger partial charge in [-0.05, 0) is 79.2 Å². The van der Waals surface area contributed by atoms with Crippen LogP contribution in [0.3, 0.4) is 0 Å². The molecule has 44 heavy (non-hydrogen) atoms. The second-order valence-corrected chi connectivity index (χ2v) is 17.3. The molecule has 1 N–H and O–H groups in total. The quantitative estimate of drug-likeness (QED) is 0.160. The number of benzene rings is 2. The van der Waals surface area contributed by atoms with Crippen molar-refractivity contribution in [2.24, 2.45) is 0 Å². The predicted molar refractivity (Wildman–Crippen MR) is 169 cm³/mol. The summed E-state index contributed by atoms with van der Waals surface area (Å²) < 4.78 is 29.4. The van der Waals surface area contributed by atoms with Gasteiger partial charge in [0.25, 0.3) is 0 Å². The number of carbonyl (C=O) groups is 3. The lowest BCUT2D eigenvalue weighted by Gasteiger charge is -2.46. The van der Waals surface area contributed by atoms with Crippen LogP contribution in [-0.2, 0) is 39.8 Å². The average molecular weight is 649 g/mol. The molecule has 9 nitrogen and oxygen atoms in total. The summed E-state index contributed by atoms with van der Waals surface area (Å²) in [6.07, 6.45) is -3.47. The highest BCUT2D eigenvalue weighted by Gasteiger charge is 2.52. The Balaban J connectivity index is 2.06. The number of halogens is 1. The Kier molecular flexibility index (Phi) is 12.0. The SMILES string of the molecule is CCOc1ccc(Cc2cc(C3OC(CCC(C)(C)[Si](C)(C)O)C(OC(C)=O)C(OC(C)=O)C3OC(C)=O)ccc2Cl)cc1. The molecule has 2 aromatic rings. The highest BCUT2D eigenvalue weighted by atomic mass is 35.5. The van der Waals surface area contributed by atoms with Crippen LogP contribution in [0.5, 0.6) is 5.75 Å². The van der Waals surface area contributed by atoms with Crippen LogP contribution in [-0.4, -0.2) is 62.0 Å². The normalized spacial score (nSPS) is 22.2. The molecule has 1 aliphatic rings. The molecule has 0 aromatic heterocycles. The summed E-state index contributed by atoms with van der Waals surface area (Å²) >= 11 is 6.64. The van der Waals surface area contributed by atoms with E-state index in [4.69, 9.17) is 35.3 Å². The minimum Gasteiger partial charge on any atom is -0.494 e. The molecular weight excluding hydrogens is 604 g/mol. The molecule has 0 saturated carbocycles. The molecule has 0 spiro atoms. The Morgan fingerprint density at radius 2 is 1.48 bits per heavy atom. The van der Waals surface area contributed by atoms with Gasteiger partial charge in [-0.25, -0.2) is 0 Å². The first-order valence-corrected chi connectivity index (χ1v) is 18.2. The summed E-state index contributed by atoms with van der Waals surface area (Å²) in [5.74, 6) is -1.06. The Morgan fingerprint density at radius 1 is 0.909 bits per heavy atom. The Bertz CT molecular complexity index is 1310. The van der Waals surface area contributed by atoms with Crippen LogP contribution >= 0.6 is 11.6 Å². The molecule has 5 unspecified atom stereocenters. The standard InChI is InChI=1S/C33H45ClO9Si/c1-9-39-26-13-10-23(11-14-26)18-25-19-24(12-15-27(25)34)29-31(41-21(3)36)32(42-22(4)37)30(40-20(2)35)28(43-29)16-17-33(5,6)44(7,8)38/h10-15,19,28-32,38H,9,16-18H2,1-8H3. The van der Waals surface area contributed by atoms with Crippen molar-refractivity contribution in [3.63, 3.8) is 0 Å². The zero-order valence-corrected chi connectivity index (χ0v) is 28.6. The summed E-state index contributed by atoms with van der Waals surface area (Å²) in [4.78, 5) is 47.9. The predicted octanol–water partition coefficient (Wildman–Crippen LogP) is 6.32. The summed E-state index contributed by atoms with van der Waals surface area (Å²) in [7, 11) is -2.58. The fourth-order valence-electron chi connectivity index (χ4n) is 5.20. The van der Waals surface area contributed by atoms with Crippen molar-refractivity contribution in [1.82, 2.24) is 0 Å². The van der Waals surface area contributed by atoms with E-state index in [2.05, 4.69) is 0 Å². The molecule has 0 bridgehead atoms. The van der Waals surface area contributed by atoms with Gasteiger partial charge in [0.05, 0.1) is 12.7 Å². The summed E-state index contributed by atoms with van der Waals surface area (Å²) in [5, 5.41) is 0.145. The molecule has 1 fully saturated rings. The van der Waals surface area contributed by atoms with Crippen molar-refractivity contribution >= 4 is 37.8 Å². The lowest BCUT2D eigenvalue weighted by molar-refractivity contribution is -0.250. The van der Waals surface area contributed by atoms with E-state index >= 15 is 0 Å². The van der Waals surface area contributed by atoms with Crippen molar-refractivity contribution in [2.75, 3.05) is 6.61 Å². The van der Waals surface area contributed by atoms with Gasteiger partial charge < -0.3 is 28.5 Å². The first-order valence-electron chi connectivity index (χ1n) is 14.9. The second-order valence-electron chi connectivity index (χ2n) is 12.4. The van der Waals surface area contributed by atoms with Crippen LogP contribution < -0.4 is 4.74 Å². The van der Waals surface area contributed by atoms with E-state index in [1.165, 1.54) is 20.8 Å². The minimum atomic E-state index is -2.58. The van der Waals surface area contributed by atoms with E-state index in [1.54, 1.807) is 12.1 Å². The molecule has 242 valence electrons. The number of esters is 3. The van der Waals surface area contributed by atoms with Gasteiger partial charge in [0.1, 0.15) is 11.9 Å². The second kappa shape index (κ2) is 14.9. The van der Waals surface area contributed by atoms with Crippen molar-refractivity contribution in [2.45, 2.75) is 109 Å². The Morgan fingerprint density at radius 3 is 2.02 bits per heavy atom. The fraction of sp³-hybridized carbons (Fsp3) is 0.545. The van der Waals surface area contributed by atoms with Crippen molar-refractivity contribution in [1.29, 1.82) is 0 Å². The van der Waals surface area contributed by atoms with E-state index in [9.17, 15) is 19.2 Å². The van der Waals surface area contributed by atoms with Crippen LogP contribution in [0.25, 0.3) is 0 Å². The van der Waals surface area contributed by atoms with Gasteiger partial charge in [-0.3, -0.25) is 14.4 Å². The molecule has 2 aromatic carbocycles. The summed E-state index contributed by atoms with van der Waals surface area (Å²) in [5.41, 5.74) is 2.48. The van der Waals surface area contributed by atoms with Crippen molar-refractivity contribution < 1.29 is 42.9 Å². The lowest BCUT2D eigenvalue weighted by atomic mass is 9.87. The maximum Gasteiger partial charge on any atom is 0.303 e. The van der Waals surface area contributed by atoms with E-state index in [0.29, 0.717) is 36.5 Å². The monoisotopic (exact) mass is 648 g/mol. The Labute approximate surface area is 266 Å². The Hall–Kier alpha value is -2.92. The summed E-state index contributed by atoms with van der Waals surface area (Å²) in [6.45, 7) is 14.0. The third kappa shape index (κ3) is 9.29. The summed E-state index contributed by atoms with van der Waals surface area (Å²) in [6, 6.07) is 13.2. The zero-order valence-electron chi connectivity index (χ0n) is 26.8. The zero-order chi connectivity index (χ0) is 32.8. The first kappa shape index (κ1) is 35.6. The molecule has 0 aliphatic carbocycles. The van der Waals surface area contributed by atoms with Gasteiger partial charge in [-0.15, -0.1) is 0 Å². The molecule has 1 heterocycles. The lowest BCUT2D eigenvalue weighted by Crippen LogP contribution is -2.58. The van der Waals surface area contributed by atoms with E-state index in [-0.39, 0.29) is 0 Å². The molecule has 1 saturated heterocycles. The maximum absolute atomic E-state index is 12.4. The topological polar surface area (TPSA) is 118 Å². The minimum absolute atomic E-state index is 0.385. The van der Waals surface area contributed by atoms with Gasteiger partial charge in [-0.2, -0.15) is 0 Å². The fourth-order valence-corrected chi connectivity index (χ4v) is 6.14. The molecule has 1 aliphatic heterocycles. The van der Waals surface area contributed by atoms with E-state index < -0.39 is 61.8 Å². The molecule has 5 atom stereocenters. The highest BCUT2D eigenvalue weighted by Crippen LogP contribution is 2.44. The average Bonchev–Trinajstić information content (AvgIpc) is 2.91. The first-order chi connectivity index (χ1) is 20.5. The largest absolute Gasteiger partial charge is 0.494 e. The van der Waals surface area contributed by atoms with Crippen LogP contribution in [0.15, 0.2) is 42.5 Å². The van der Waals surface area contributed by atoms with Crippen molar-refractivity contribution in [3.8, 4) is 5.75 Å². The number of hydrogen-bond acceptors (Lipinski definition) is 9. The van der Waals surface area contributed by atoms with Gasteiger partial charge in [0.2, 0.25) is 0 Å². The molecule has 0 radical (unpaired) electrons. The maximum atomic E-state index is 12.4. The van der Waals surface area contributed by atoms with Crippen LogP contribution in [0.1, 0.15) is 77.2 Å². The number of hydrogen-bond donors (Lipinski definition) is 1. The number of ether oxygens (including phenoxy) is 5. The van der Waals surface area contributed by atoms with E-state index in [1.807, 2.05) is 64.2 Å². The van der Waals surface area contributed by atoms with Gasteiger partial charge in [0.15, 0.2) is 26.6 Å². The van der Waals surface area contributed by atoms with Gasteiger partial charge in [-0.1, -0.05) is 49.7 Å². The third-order valence-corrected chi connectivity index (χ3v) is 12.2. The van der Waals surface area contributed by atoms with Gasteiger partial charge >= 0.3 is 17.9 Å². The van der Waals surface area contributed by atoms with E-state index in [0.717, 1.165) is 16.9 Å². The number of carbonyl (C=O) groups excluding carboxylic acids is 3. The van der Waals surface area contributed by atoms with Crippen LogP contribution in [0.4, 0.5) is 0 Å². The molecule has 11 heteroatoms. The third-order valence-electron chi connectivity index (χ3n) is 8.28. The van der Waals surface area contributed by atoms with Crippen molar-refractivity contribution in [3.05, 3.63) is 64.2 Å². The number of rotatable bonds is 12. The molecule has 3 rings (SSSR count). The van der Waals surface area contributed by atoms with Crippen LogP contribution in [0.2, 0.25) is 23.2 Å². The smallest absolute Gasteiger partial charge is 0.303 e. The molecule has 0 amide bonds.